The lowest BCUT2D eigenvalue weighted by Gasteiger charge is -2.24. The third-order valence-electron chi connectivity index (χ3n) is 6.49. The van der Waals surface area contributed by atoms with Crippen molar-refractivity contribution in [3.05, 3.63) is 77.5 Å². The van der Waals surface area contributed by atoms with Gasteiger partial charge in [0, 0.05) is 62.4 Å². The number of anilines is 4. The van der Waals surface area contributed by atoms with Crippen molar-refractivity contribution in [1.29, 1.82) is 0 Å². The highest BCUT2D eigenvalue weighted by molar-refractivity contribution is 7.89. The molecular formula is C27H32F2N6O3S. The van der Waals surface area contributed by atoms with Crippen LogP contribution < -0.4 is 21.3 Å². The Bertz CT molecular complexity index is 1410. The first-order valence-corrected chi connectivity index (χ1v) is 14.1. The van der Waals surface area contributed by atoms with Crippen LogP contribution in [0.15, 0.2) is 54.7 Å². The van der Waals surface area contributed by atoms with Gasteiger partial charge in [-0.2, -0.15) is 4.31 Å². The molecule has 9 nitrogen and oxygen atoms in total. The molecule has 0 radical (unpaired) electrons. The van der Waals surface area contributed by atoms with Crippen molar-refractivity contribution < 1.29 is 22.0 Å². The van der Waals surface area contributed by atoms with E-state index in [-0.39, 0.29) is 12.1 Å². The number of aromatic nitrogens is 1. The van der Waals surface area contributed by atoms with Gasteiger partial charge in [-0.05, 0) is 62.2 Å². The summed E-state index contributed by atoms with van der Waals surface area (Å²) in [6.45, 7) is 5.76. The van der Waals surface area contributed by atoms with Crippen molar-refractivity contribution in [2.24, 2.45) is 5.73 Å². The third kappa shape index (κ3) is 7.01. The number of nitrogens with zero attached hydrogens (tertiary/aromatic N) is 3. The smallest absolute Gasteiger partial charge is 0.252 e. The lowest BCUT2D eigenvalue weighted by molar-refractivity contribution is 0.100. The molecule has 1 amide bonds. The minimum Gasteiger partial charge on any atom is -0.380 e. The summed E-state index contributed by atoms with van der Waals surface area (Å²) in [6, 6.07) is 12.5. The second-order valence-corrected chi connectivity index (χ2v) is 12.1. The van der Waals surface area contributed by atoms with Gasteiger partial charge >= 0.3 is 0 Å². The fourth-order valence-corrected chi connectivity index (χ4v) is 5.70. The second-order valence-electron chi connectivity index (χ2n) is 9.62. The van der Waals surface area contributed by atoms with Gasteiger partial charge in [-0.25, -0.2) is 22.2 Å². The molecule has 208 valence electrons. The van der Waals surface area contributed by atoms with E-state index in [1.165, 1.54) is 18.3 Å². The number of hydrogen-bond acceptors (Lipinski definition) is 7. The number of rotatable bonds is 9. The van der Waals surface area contributed by atoms with Crippen LogP contribution in [0.25, 0.3) is 0 Å². The number of carbonyl (C=O) groups excluding carboxylic acids is 1. The normalized spacial score (nSPS) is 14.7. The fraction of sp³-hybridized carbons (Fsp3) is 0.333. The van der Waals surface area contributed by atoms with E-state index >= 15 is 0 Å². The number of nitrogens with one attached hydrogen (secondary N) is 2. The van der Waals surface area contributed by atoms with E-state index in [2.05, 4.69) is 20.5 Å². The molecule has 39 heavy (non-hydrogen) atoms. The topological polar surface area (TPSA) is 121 Å². The Morgan fingerprint density at radius 2 is 1.72 bits per heavy atom. The predicted molar refractivity (Wildman–Crippen MR) is 149 cm³/mol. The molecule has 3 aromatic rings. The zero-order valence-corrected chi connectivity index (χ0v) is 22.6. The van der Waals surface area contributed by atoms with Crippen LogP contribution in [0.1, 0.15) is 36.2 Å². The first-order chi connectivity index (χ1) is 18.5. The summed E-state index contributed by atoms with van der Waals surface area (Å²) in [5.74, 6) is -1.64. The van der Waals surface area contributed by atoms with E-state index in [1.54, 1.807) is 24.2 Å². The molecule has 0 unspecified atom stereocenters. The van der Waals surface area contributed by atoms with Gasteiger partial charge in [0.25, 0.3) is 5.91 Å². The van der Waals surface area contributed by atoms with Gasteiger partial charge in [-0.1, -0.05) is 0 Å². The van der Waals surface area contributed by atoms with E-state index in [0.29, 0.717) is 36.7 Å². The van der Waals surface area contributed by atoms with Crippen LogP contribution in [-0.4, -0.2) is 55.0 Å². The van der Waals surface area contributed by atoms with Gasteiger partial charge in [0.1, 0.15) is 17.5 Å². The van der Waals surface area contributed by atoms with Crippen molar-refractivity contribution in [2.75, 3.05) is 41.7 Å². The summed E-state index contributed by atoms with van der Waals surface area (Å²) in [4.78, 5) is 18.3. The zero-order chi connectivity index (χ0) is 28.2. The van der Waals surface area contributed by atoms with Crippen LogP contribution in [0.4, 0.5) is 31.7 Å². The predicted octanol–water partition coefficient (Wildman–Crippen LogP) is 4.06. The van der Waals surface area contributed by atoms with Gasteiger partial charge in [-0.15, -0.1) is 0 Å². The number of pyridine rings is 1. The summed E-state index contributed by atoms with van der Waals surface area (Å²) in [5.41, 5.74) is 8.08. The quantitative estimate of drug-likeness (QED) is 0.362. The van der Waals surface area contributed by atoms with Crippen LogP contribution >= 0.6 is 0 Å². The largest absolute Gasteiger partial charge is 0.380 e. The van der Waals surface area contributed by atoms with E-state index in [0.717, 1.165) is 30.4 Å². The van der Waals surface area contributed by atoms with Gasteiger partial charge in [0.2, 0.25) is 10.0 Å². The fourth-order valence-electron chi connectivity index (χ4n) is 4.38. The molecule has 1 saturated heterocycles. The minimum absolute atomic E-state index is 0.0683. The lowest BCUT2D eigenvalue weighted by atomic mass is 10.1. The first kappa shape index (κ1) is 28.2. The summed E-state index contributed by atoms with van der Waals surface area (Å²) >= 11 is 0. The maximum absolute atomic E-state index is 13.5. The van der Waals surface area contributed by atoms with Gasteiger partial charge < -0.3 is 21.3 Å². The average Bonchev–Trinajstić information content (AvgIpc) is 3.14. The highest BCUT2D eigenvalue weighted by atomic mass is 32.2. The monoisotopic (exact) mass is 558 g/mol. The molecule has 0 aliphatic carbocycles. The van der Waals surface area contributed by atoms with Gasteiger partial charge in [0.05, 0.1) is 16.5 Å². The number of benzene rings is 2. The molecule has 2 heterocycles. The van der Waals surface area contributed by atoms with Crippen molar-refractivity contribution in [3.8, 4) is 0 Å². The number of hydrogen-bond donors (Lipinski definition) is 3. The Balaban J connectivity index is 1.44. The Hall–Kier alpha value is -3.77. The van der Waals surface area contributed by atoms with E-state index < -0.39 is 32.8 Å². The number of primary amides is 1. The van der Waals surface area contributed by atoms with Crippen molar-refractivity contribution in [3.63, 3.8) is 0 Å². The molecule has 4 rings (SSSR count). The molecule has 0 saturated carbocycles. The summed E-state index contributed by atoms with van der Waals surface area (Å²) in [5, 5.41) is 5.74. The number of nitrogens with two attached hydrogens (primary N) is 1. The molecule has 0 atom stereocenters. The van der Waals surface area contributed by atoms with E-state index in [9.17, 15) is 22.0 Å². The maximum Gasteiger partial charge on any atom is 0.252 e. The molecule has 12 heteroatoms. The Morgan fingerprint density at radius 3 is 2.36 bits per heavy atom. The highest BCUT2D eigenvalue weighted by Gasteiger charge is 2.27. The van der Waals surface area contributed by atoms with Crippen LogP contribution in [0.5, 0.6) is 0 Å². The number of halogens is 2. The van der Waals surface area contributed by atoms with Gasteiger partial charge in [0.15, 0.2) is 0 Å². The zero-order valence-electron chi connectivity index (χ0n) is 21.8. The SMILES string of the molecule is CC(C)S(=O)(=O)N1CCCN(c2ccc(Nc3cc(NCc4cc(F)cc(F)c4)c(C(N)=O)cn3)cc2)CC1. The molecule has 1 aliphatic heterocycles. The average molecular weight is 559 g/mol. The Morgan fingerprint density at radius 1 is 1.03 bits per heavy atom. The first-order valence-electron chi connectivity index (χ1n) is 12.6. The van der Waals surface area contributed by atoms with E-state index in [1.807, 2.05) is 24.3 Å². The maximum atomic E-state index is 13.5. The van der Waals surface area contributed by atoms with Crippen LogP contribution in [-0.2, 0) is 16.6 Å². The molecule has 1 aliphatic rings. The van der Waals surface area contributed by atoms with Crippen molar-refractivity contribution in [1.82, 2.24) is 9.29 Å². The number of carbonyl (C=O) groups is 1. The Labute approximate surface area is 227 Å². The molecule has 1 fully saturated rings. The molecule has 1 aromatic heterocycles. The lowest BCUT2D eigenvalue weighted by Crippen LogP contribution is -2.39. The summed E-state index contributed by atoms with van der Waals surface area (Å²) in [6.07, 6.45) is 2.07. The standard InChI is InChI=1S/C27H32F2N6O3S/c1-18(2)39(37,38)35-9-3-8-34(10-11-35)23-6-4-22(5-7-23)33-26-15-25(24(17-32-26)27(30)36)31-16-19-12-20(28)14-21(29)13-19/h4-7,12-15,17-18H,3,8-11,16H2,1-2H3,(H2,30,36)(H2,31,32,33). The van der Waals surface area contributed by atoms with Crippen LogP contribution in [0.3, 0.4) is 0 Å². The molecule has 0 spiro atoms. The van der Waals surface area contributed by atoms with Crippen molar-refractivity contribution >= 4 is 38.8 Å². The van der Waals surface area contributed by atoms with E-state index in [4.69, 9.17) is 5.73 Å². The molecule has 0 bridgehead atoms. The van der Waals surface area contributed by atoms with Crippen LogP contribution in [0.2, 0.25) is 0 Å². The number of amides is 1. The van der Waals surface area contributed by atoms with Crippen molar-refractivity contribution in [2.45, 2.75) is 32.1 Å². The second kappa shape index (κ2) is 12.0. The van der Waals surface area contributed by atoms with Crippen LogP contribution in [0, 0.1) is 11.6 Å². The molecule has 2 aromatic carbocycles. The molecular weight excluding hydrogens is 526 g/mol. The molecule has 4 N–H and O–H groups in total. The third-order valence-corrected chi connectivity index (χ3v) is 8.77. The summed E-state index contributed by atoms with van der Waals surface area (Å²) < 4.78 is 53.8. The highest BCUT2D eigenvalue weighted by Crippen LogP contribution is 2.25. The summed E-state index contributed by atoms with van der Waals surface area (Å²) in [7, 11) is -3.28. The number of sulfonamides is 1. The Kier molecular flexibility index (Phi) is 8.66. The van der Waals surface area contributed by atoms with Gasteiger partial charge in [-0.3, -0.25) is 4.79 Å². The minimum atomic E-state index is -3.28.